The van der Waals surface area contributed by atoms with Crippen LogP contribution in [0.15, 0.2) is 54.6 Å². The Morgan fingerprint density at radius 2 is 1.96 bits per heavy atom. The van der Waals surface area contributed by atoms with Gasteiger partial charge in [-0.15, -0.1) is 0 Å². The van der Waals surface area contributed by atoms with Crippen LogP contribution in [-0.2, 0) is 11.3 Å². The first-order valence-corrected chi connectivity index (χ1v) is 9.60. The Kier molecular flexibility index (Phi) is 5.69. The van der Waals surface area contributed by atoms with Crippen LogP contribution in [0.1, 0.15) is 24.1 Å². The van der Waals surface area contributed by atoms with E-state index in [1.807, 2.05) is 37.3 Å². The summed E-state index contributed by atoms with van der Waals surface area (Å²) in [6.45, 7) is 4.23. The number of halogens is 1. The van der Waals surface area contributed by atoms with Crippen LogP contribution < -0.4 is 10.1 Å². The summed E-state index contributed by atoms with van der Waals surface area (Å²) in [5, 5.41) is 8.16. The quantitative estimate of drug-likeness (QED) is 0.660. The zero-order valence-corrected chi connectivity index (χ0v) is 15.9. The summed E-state index contributed by atoms with van der Waals surface area (Å²) in [7, 11) is 0. The summed E-state index contributed by atoms with van der Waals surface area (Å²) in [4.78, 5) is 0. The highest BCUT2D eigenvalue weighted by atomic mass is 19.1. The fraction of sp³-hybridized carbons (Fsp3) is 0.318. The van der Waals surface area contributed by atoms with Crippen molar-refractivity contribution >= 4 is 0 Å². The number of hydrogen-bond acceptors (Lipinski definition) is 4. The van der Waals surface area contributed by atoms with Crippen LogP contribution in [0.3, 0.4) is 0 Å². The molecule has 146 valence electrons. The van der Waals surface area contributed by atoms with E-state index >= 15 is 0 Å². The van der Waals surface area contributed by atoms with Crippen molar-refractivity contribution in [2.24, 2.45) is 0 Å². The van der Waals surface area contributed by atoms with Crippen molar-refractivity contribution in [3.63, 3.8) is 0 Å². The Morgan fingerprint density at radius 1 is 1.18 bits per heavy atom. The zero-order valence-electron chi connectivity index (χ0n) is 15.9. The molecule has 6 heteroatoms. The van der Waals surface area contributed by atoms with E-state index in [-0.39, 0.29) is 11.9 Å². The average Bonchev–Trinajstić information content (AvgIpc) is 3.34. The molecule has 1 N–H and O–H groups in total. The number of benzene rings is 2. The van der Waals surface area contributed by atoms with E-state index in [4.69, 9.17) is 14.6 Å². The maximum atomic E-state index is 13.3. The summed E-state index contributed by atoms with van der Waals surface area (Å²) in [6, 6.07) is 15.9. The Balaban J connectivity index is 1.61. The van der Waals surface area contributed by atoms with Crippen LogP contribution in [0.2, 0.25) is 0 Å². The van der Waals surface area contributed by atoms with Gasteiger partial charge in [-0.3, -0.25) is 0 Å². The summed E-state index contributed by atoms with van der Waals surface area (Å²) in [5.41, 5.74) is 2.78. The van der Waals surface area contributed by atoms with Crippen LogP contribution in [0.4, 0.5) is 4.39 Å². The Bertz CT molecular complexity index is 904. The van der Waals surface area contributed by atoms with Gasteiger partial charge in [-0.05, 0) is 56.2 Å². The van der Waals surface area contributed by atoms with Gasteiger partial charge in [-0.1, -0.05) is 18.2 Å². The fourth-order valence-corrected chi connectivity index (χ4v) is 3.37. The van der Waals surface area contributed by atoms with Crippen molar-refractivity contribution in [3.8, 4) is 17.3 Å². The molecule has 0 bridgehead atoms. The minimum absolute atomic E-state index is 0.269. The van der Waals surface area contributed by atoms with Crippen molar-refractivity contribution in [2.75, 3.05) is 13.2 Å². The summed E-state index contributed by atoms with van der Waals surface area (Å²) < 4.78 is 26.9. The van der Waals surface area contributed by atoms with E-state index in [2.05, 4.69) is 5.32 Å². The molecule has 0 amide bonds. The van der Waals surface area contributed by atoms with Gasteiger partial charge in [0.1, 0.15) is 11.6 Å². The molecule has 1 fully saturated rings. The molecule has 0 unspecified atom stereocenters. The molecular formula is C22H24FN3O2. The maximum absolute atomic E-state index is 13.3. The second-order valence-corrected chi connectivity index (χ2v) is 6.94. The molecule has 1 aliphatic heterocycles. The smallest absolute Gasteiger partial charge is 0.227 e. The van der Waals surface area contributed by atoms with Crippen LogP contribution in [0.5, 0.6) is 11.6 Å². The topological polar surface area (TPSA) is 48.3 Å². The number of aromatic nitrogens is 2. The number of ether oxygens (including phenoxy) is 2. The standard InChI is InChI=1S/C22H24FN3O2/c1-16-21(15-24-14-20-8-5-13-27-20)22(28-19-11-9-17(23)10-12-19)26(25-16)18-6-3-2-4-7-18/h2-4,6-7,9-12,20,24H,5,8,13-15H2,1H3/t20-/m0/s1. The lowest BCUT2D eigenvalue weighted by Gasteiger charge is -2.13. The van der Waals surface area contributed by atoms with E-state index in [0.29, 0.717) is 18.2 Å². The minimum atomic E-state index is -0.293. The van der Waals surface area contributed by atoms with Crippen LogP contribution >= 0.6 is 0 Å². The predicted molar refractivity (Wildman–Crippen MR) is 105 cm³/mol. The number of nitrogens with one attached hydrogen (secondary N) is 1. The van der Waals surface area contributed by atoms with E-state index in [9.17, 15) is 4.39 Å². The lowest BCUT2D eigenvalue weighted by Crippen LogP contribution is -2.26. The molecule has 0 spiro atoms. The third-order valence-electron chi connectivity index (χ3n) is 4.86. The first-order chi connectivity index (χ1) is 13.7. The molecule has 1 aromatic heterocycles. The molecule has 1 aliphatic rings. The van der Waals surface area contributed by atoms with Gasteiger partial charge in [0.25, 0.3) is 0 Å². The predicted octanol–water partition coefficient (Wildman–Crippen LogP) is 4.38. The van der Waals surface area contributed by atoms with Gasteiger partial charge in [0.15, 0.2) is 0 Å². The summed E-state index contributed by atoms with van der Waals surface area (Å²) in [5.74, 6) is 0.910. The van der Waals surface area contributed by atoms with Gasteiger partial charge in [0.2, 0.25) is 5.88 Å². The van der Waals surface area contributed by atoms with Crippen LogP contribution in [0, 0.1) is 12.7 Å². The van der Waals surface area contributed by atoms with Crippen molar-refractivity contribution in [3.05, 3.63) is 71.7 Å². The molecule has 0 saturated carbocycles. The van der Waals surface area contributed by atoms with Gasteiger partial charge < -0.3 is 14.8 Å². The lowest BCUT2D eigenvalue weighted by molar-refractivity contribution is 0.110. The summed E-state index contributed by atoms with van der Waals surface area (Å²) >= 11 is 0. The van der Waals surface area contributed by atoms with E-state index in [1.54, 1.807) is 16.8 Å². The van der Waals surface area contributed by atoms with Crippen molar-refractivity contribution in [1.29, 1.82) is 0 Å². The highest BCUT2D eigenvalue weighted by molar-refractivity contribution is 5.43. The molecule has 28 heavy (non-hydrogen) atoms. The normalized spacial score (nSPS) is 16.4. The maximum Gasteiger partial charge on any atom is 0.227 e. The molecule has 5 nitrogen and oxygen atoms in total. The molecule has 2 heterocycles. The zero-order chi connectivity index (χ0) is 19.3. The first kappa shape index (κ1) is 18.7. The third kappa shape index (κ3) is 4.24. The third-order valence-corrected chi connectivity index (χ3v) is 4.86. The molecule has 0 aliphatic carbocycles. The van der Waals surface area contributed by atoms with Gasteiger partial charge in [-0.2, -0.15) is 5.10 Å². The SMILES string of the molecule is Cc1nn(-c2ccccc2)c(Oc2ccc(F)cc2)c1CNC[C@@H]1CCCO1. The number of para-hydroxylation sites is 1. The van der Waals surface area contributed by atoms with Gasteiger partial charge in [-0.25, -0.2) is 9.07 Å². The van der Waals surface area contributed by atoms with Crippen LogP contribution in [-0.4, -0.2) is 29.0 Å². The van der Waals surface area contributed by atoms with Crippen LogP contribution in [0.25, 0.3) is 5.69 Å². The van der Waals surface area contributed by atoms with Crippen molar-refractivity contribution in [2.45, 2.75) is 32.4 Å². The number of rotatable bonds is 7. The molecule has 3 aromatic rings. The number of hydrogen-bond donors (Lipinski definition) is 1. The van der Waals surface area contributed by atoms with Gasteiger partial charge in [0, 0.05) is 19.7 Å². The van der Waals surface area contributed by atoms with E-state index in [0.717, 1.165) is 42.9 Å². The van der Waals surface area contributed by atoms with Gasteiger partial charge in [0.05, 0.1) is 23.0 Å². The Labute approximate surface area is 164 Å². The average molecular weight is 381 g/mol. The van der Waals surface area contributed by atoms with Crippen molar-refractivity contribution in [1.82, 2.24) is 15.1 Å². The largest absolute Gasteiger partial charge is 0.439 e. The van der Waals surface area contributed by atoms with Crippen molar-refractivity contribution < 1.29 is 13.9 Å². The summed E-state index contributed by atoms with van der Waals surface area (Å²) in [6.07, 6.45) is 2.48. The molecule has 0 radical (unpaired) electrons. The van der Waals surface area contributed by atoms with Gasteiger partial charge >= 0.3 is 0 Å². The first-order valence-electron chi connectivity index (χ1n) is 9.60. The second-order valence-electron chi connectivity index (χ2n) is 6.94. The molecule has 2 aromatic carbocycles. The van der Waals surface area contributed by atoms with E-state index < -0.39 is 0 Å². The highest BCUT2D eigenvalue weighted by Crippen LogP contribution is 2.30. The lowest BCUT2D eigenvalue weighted by atomic mass is 10.2. The Morgan fingerprint density at radius 3 is 2.68 bits per heavy atom. The monoisotopic (exact) mass is 381 g/mol. The number of aryl methyl sites for hydroxylation is 1. The second kappa shape index (κ2) is 8.54. The fourth-order valence-electron chi connectivity index (χ4n) is 3.37. The molecule has 4 rings (SSSR count). The molecular weight excluding hydrogens is 357 g/mol. The highest BCUT2D eigenvalue weighted by Gasteiger charge is 2.20. The minimum Gasteiger partial charge on any atom is -0.439 e. The molecule has 1 atom stereocenters. The number of nitrogens with zero attached hydrogens (tertiary/aromatic N) is 2. The molecule has 1 saturated heterocycles. The Hall–Kier alpha value is -2.70. The van der Waals surface area contributed by atoms with E-state index in [1.165, 1.54) is 12.1 Å².